The molecule has 6 heteroatoms. The number of carbonyl (C=O) groups is 1. The van der Waals surface area contributed by atoms with Gasteiger partial charge in [-0.25, -0.2) is 4.79 Å². The Morgan fingerprint density at radius 1 is 1.15 bits per heavy atom. The van der Waals surface area contributed by atoms with Crippen molar-refractivity contribution in [3.8, 4) is 5.75 Å². The van der Waals surface area contributed by atoms with E-state index in [1.54, 1.807) is 18.2 Å². The van der Waals surface area contributed by atoms with E-state index in [2.05, 4.69) is 5.32 Å². The van der Waals surface area contributed by atoms with Crippen molar-refractivity contribution in [1.82, 2.24) is 5.32 Å². The lowest BCUT2D eigenvalue weighted by molar-refractivity contribution is -0.140. The molecule has 3 N–H and O–H groups in total. The number of hydrogen-bond acceptors (Lipinski definition) is 5. The molecule has 1 aromatic heterocycles. The topological polar surface area (TPSA) is 99.8 Å². The predicted octanol–water partition coefficient (Wildman–Crippen LogP) is 3.24. The Bertz CT molecular complexity index is 1020. The number of aliphatic carboxylic acids is 1. The van der Waals surface area contributed by atoms with Crippen LogP contribution < -0.4 is 10.9 Å². The molecule has 1 heterocycles. The minimum absolute atomic E-state index is 0.0447. The fourth-order valence-corrected chi connectivity index (χ4v) is 3.14. The van der Waals surface area contributed by atoms with Crippen LogP contribution in [-0.4, -0.2) is 22.2 Å². The maximum atomic E-state index is 12.3. The highest BCUT2D eigenvalue weighted by molar-refractivity contribution is 6.05. The molecule has 0 fully saturated rings. The van der Waals surface area contributed by atoms with Crippen molar-refractivity contribution in [3.63, 3.8) is 0 Å². The standard InChI is InChI=1S/C20H21NO5/c1-3-11(2)17(19(23)24)21-10-15-16(22)9-8-13-12-6-4-5-7-14(12)20(25)26-18(13)15/h4-9,11,17,21-22H,3,10H2,1-2H3,(H,23,24)/t11-,17+/m1/s1. The van der Waals surface area contributed by atoms with E-state index in [0.29, 0.717) is 22.8 Å². The summed E-state index contributed by atoms with van der Waals surface area (Å²) >= 11 is 0. The highest BCUT2D eigenvalue weighted by Crippen LogP contribution is 2.31. The van der Waals surface area contributed by atoms with E-state index in [-0.39, 0.29) is 23.8 Å². The zero-order valence-electron chi connectivity index (χ0n) is 14.7. The first-order valence-electron chi connectivity index (χ1n) is 8.56. The molecular formula is C20H21NO5. The summed E-state index contributed by atoms with van der Waals surface area (Å²) in [5.41, 5.74) is 0.158. The lowest BCUT2D eigenvalue weighted by Crippen LogP contribution is -2.41. The number of nitrogens with one attached hydrogen (secondary N) is 1. The summed E-state index contributed by atoms with van der Waals surface area (Å²) in [4.78, 5) is 23.8. The first-order chi connectivity index (χ1) is 12.4. The number of carboxylic acids is 1. The summed E-state index contributed by atoms with van der Waals surface area (Å²) in [5, 5.41) is 24.6. The second-order valence-electron chi connectivity index (χ2n) is 6.46. The largest absolute Gasteiger partial charge is 0.507 e. The Labute approximate surface area is 150 Å². The number of phenols is 1. The van der Waals surface area contributed by atoms with Gasteiger partial charge in [0.05, 0.1) is 10.9 Å². The molecule has 0 aliphatic heterocycles. The molecule has 0 bridgehead atoms. The van der Waals surface area contributed by atoms with Gasteiger partial charge < -0.3 is 14.6 Å². The Kier molecular flexibility index (Phi) is 4.95. The minimum atomic E-state index is -0.953. The second kappa shape index (κ2) is 7.17. The van der Waals surface area contributed by atoms with Crippen LogP contribution in [0.1, 0.15) is 25.8 Å². The molecule has 0 aliphatic rings. The van der Waals surface area contributed by atoms with E-state index >= 15 is 0 Å². The van der Waals surface area contributed by atoms with Crippen LogP contribution in [0, 0.1) is 5.92 Å². The molecule has 26 heavy (non-hydrogen) atoms. The summed E-state index contributed by atoms with van der Waals surface area (Å²) < 4.78 is 5.46. The van der Waals surface area contributed by atoms with Gasteiger partial charge in [-0.2, -0.15) is 0 Å². The third-order valence-electron chi connectivity index (χ3n) is 4.85. The molecule has 0 spiro atoms. The molecule has 3 rings (SSSR count). The molecule has 6 nitrogen and oxygen atoms in total. The van der Waals surface area contributed by atoms with Crippen LogP contribution >= 0.6 is 0 Å². The van der Waals surface area contributed by atoms with Crippen molar-refractivity contribution >= 4 is 27.7 Å². The van der Waals surface area contributed by atoms with Crippen molar-refractivity contribution in [2.75, 3.05) is 0 Å². The number of carboxylic acid groups (broad SMARTS) is 1. The quantitative estimate of drug-likeness (QED) is 0.464. The lowest BCUT2D eigenvalue weighted by atomic mass is 9.98. The third kappa shape index (κ3) is 3.15. The number of benzene rings is 2. The van der Waals surface area contributed by atoms with Crippen LogP contribution in [0.4, 0.5) is 0 Å². The van der Waals surface area contributed by atoms with Gasteiger partial charge >= 0.3 is 11.6 Å². The molecule has 2 aromatic carbocycles. The van der Waals surface area contributed by atoms with Crippen LogP contribution in [0.25, 0.3) is 21.7 Å². The molecule has 136 valence electrons. The molecule has 0 aliphatic carbocycles. The lowest BCUT2D eigenvalue weighted by Gasteiger charge is -2.20. The van der Waals surface area contributed by atoms with Gasteiger partial charge in [0.15, 0.2) is 0 Å². The zero-order chi connectivity index (χ0) is 18.8. The van der Waals surface area contributed by atoms with Gasteiger partial charge in [0.1, 0.15) is 17.4 Å². The highest BCUT2D eigenvalue weighted by atomic mass is 16.4. The summed E-state index contributed by atoms with van der Waals surface area (Å²) in [6.45, 7) is 3.84. The Hall–Kier alpha value is -2.86. The number of hydrogen-bond donors (Lipinski definition) is 3. The molecule has 3 aromatic rings. The van der Waals surface area contributed by atoms with Crippen molar-refractivity contribution < 1.29 is 19.4 Å². The van der Waals surface area contributed by atoms with E-state index in [1.165, 1.54) is 6.07 Å². The van der Waals surface area contributed by atoms with Gasteiger partial charge in [-0.15, -0.1) is 0 Å². The van der Waals surface area contributed by atoms with Crippen LogP contribution in [0.5, 0.6) is 5.75 Å². The number of aromatic hydroxyl groups is 1. The smallest absolute Gasteiger partial charge is 0.344 e. The van der Waals surface area contributed by atoms with Gasteiger partial charge in [-0.1, -0.05) is 38.5 Å². The average Bonchev–Trinajstić information content (AvgIpc) is 2.63. The maximum Gasteiger partial charge on any atom is 0.344 e. The maximum absolute atomic E-state index is 12.3. The van der Waals surface area contributed by atoms with Crippen LogP contribution in [0.3, 0.4) is 0 Å². The Morgan fingerprint density at radius 3 is 2.50 bits per heavy atom. The molecule has 0 amide bonds. The number of rotatable bonds is 6. The zero-order valence-corrected chi connectivity index (χ0v) is 14.7. The van der Waals surface area contributed by atoms with E-state index in [1.807, 2.05) is 26.0 Å². The van der Waals surface area contributed by atoms with E-state index < -0.39 is 17.6 Å². The van der Waals surface area contributed by atoms with E-state index in [4.69, 9.17) is 4.42 Å². The Balaban J connectivity index is 2.10. The molecule has 0 radical (unpaired) electrons. The van der Waals surface area contributed by atoms with E-state index in [9.17, 15) is 19.8 Å². The molecule has 0 unspecified atom stereocenters. The van der Waals surface area contributed by atoms with Crippen molar-refractivity contribution in [3.05, 3.63) is 52.4 Å². The van der Waals surface area contributed by atoms with Gasteiger partial charge in [0.2, 0.25) is 0 Å². The Morgan fingerprint density at radius 2 is 1.85 bits per heavy atom. The van der Waals surface area contributed by atoms with Crippen molar-refractivity contribution in [2.24, 2.45) is 5.92 Å². The average molecular weight is 355 g/mol. The second-order valence-corrected chi connectivity index (χ2v) is 6.46. The summed E-state index contributed by atoms with van der Waals surface area (Å²) in [5.74, 6) is -1.08. The predicted molar refractivity (Wildman–Crippen MR) is 99.4 cm³/mol. The van der Waals surface area contributed by atoms with Crippen LogP contribution in [0.15, 0.2) is 45.6 Å². The fourth-order valence-electron chi connectivity index (χ4n) is 3.14. The first-order valence-corrected chi connectivity index (χ1v) is 8.56. The number of phenolic OH excluding ortho intramolecular Hbond substituents is 1. The van der Waals surface area contributed by atoms with Gasteiger partial charge in [0.25, 0.3) is 0 Å². The molecule has 2 atom stereocenters. The van der Waals surface area contributed by atoms with Crippen LogP contribution in [-0.2, 0) is 11.3 Å². The summed E-state index contributed by atoms with van der Waals surface area (Å²) in [6, 6.07) is 9.57. The van der Waals surface area contributed by atoms with Gasteiger partial charge in [-0.3, -0.25) is 10.1 Å². The van der Waals surface area contributed by atoms with E-state index in [0.717, 1.165) is 5.39 Å². The normalized spacial score (nSPS) is 13.8. The minimum Gasteiger partial charge on any atom is -0.507 e. The first kappa shape index (κ1) is 17.9. The van der Waals surface area contributed by atoms with Crippen molar-refractivity contribution in [2.45, 2.75) is 32.9 Å². The number of fused-ring (bicyclic) bond motifs is 3. The monoisotopic (exact) mass is 355 g/mol. The highest BCUT2D eigenvalue weighted by Gasteiger charge is 2.24. The molecule has 0 saturated heterocycles. The van der Waals surface area contributed by atoms with Gasteiger partial charge in [0, 0.05) is 11.9 Å². The van der Waals surface area contributed by atoms with Crippen LogP contribution in [0.2, 0.25) is 0 Å². The van der Waals surface area contributed by atoms with Crippen molar-refractivity contribution in [1.29, 1.82) is 0 Å². The summed E-state index contributed by atoms with van der Waals surface area (Å²) in [6.07, 6.45) is 0.700. The van der Waals surface area contributed by atoms with Gasteiger partial charge in [-0.05, 0) is 29.5 Å². The molecule has 0 saturated carbocycles. The third-order valence-corrected chi connectivity index (χ3v) is 4.85. The SMILES string of the molecule is CC[C@@H](C)[C@H](NCc1c(O)ccc2c1oc(=O)c1ccccc12)C(=O)O. The molecular weight excluding hydrogens is 334 g/mol. The fraction of sp³-hybridized carbons (Fsp3) is 0.300. The summed E-state index contributed by atoms with van der Waals surface area (Å²) in [7, 11) is 0.